The van der Waals surface area contributed by atoms with E-state index >= 15 is 0 Å². The van der Waals surface area contributed by atoms with Crippen LogP contribution in [0.5, 0.6) is 5.88 Å². The number of nitrogens with zero attached hydrogens (tertiary/aromatic N) is 3. The summed E-state index contributed by atoms with van der Waals surface area (Å²) in [5.74, 6) is 1.53. The summed E-state index contributed by atoms with van der Waals surface area (Å²) in [7, 11) is 1.57. The standard InChI is InChI=1S/C7H7N3O2S/c1-4-9-10-6(12-4)7-8-5(11-2)3-13-7/h3H,1-2H3. The van der Waals surface area contributed by atoms with Crippen LogP contribution in [0, 0.1) is 6.92 Å². The van der Waals surface area contributed by atoms with E-state index in [9.17, 15) is 0 Å². The quantitative estimate of drug-likeness (QED) is 0.730. The summed E-state index contributed by atoms with van der Waals surface area (Å²) in [4.78, 5) is 4.11. The topological polar surface area (TPSA) is 61.0 Å². The van der Waals surface area contributed by atoms with Crippen LogP contribution < -0.4 is 4.74 Å². The lowest BCUT2D eigenvalue weighted by molar-refractivity contribution is 0.400. The van der Waals surface area contributed by atoms with Crippen molar-refractivity contribution >= 4 is 11.3 Å². The van der Waals surface area contributed by atoms with Crippen molar-refractivity contribution in [2.75, 3.05) is 7.11 Å². The molecule has 0 saturated carbocycles. The SMILES string of the molecule is COc1csc(-c2nnc(C)o2)n1. The molecule has 0 fully saturated rings. The molecule has 5 nitrogen and oxygen atoms in total. The molecule has 0 unspecified atom stereocenters. The summed E-state index contributed by atoms with van der Waals surface area (Å²) < 4.78 is 10.1. The number of hydrogen-bond donors (Lipinski definition) is 0. The van der Waals surface area contributed by atoms with E-state index in [2.05, 4.69) is 15.2 Å². The van der Waals surface area contributed by atoms with Crippen LogP contribution in [0.4, 0.5) is 0 Å². The zero-order chi connectivity index (χ0) is 9.26. The first-order valence-corrected chi connectivity index (χ1v) is 4.47. The van der Waals surface area contributed by atoms with Crippen molar-refractivity contribution in [2.45, 2.75) is 6.92 Å². The molecule has 0 saturated heterocycles. The second-order valence-corrected chi connectivity index (χ2v) is 3.18. The Morgan fingerprint density at radius 3 is 2.85 bits per heavy atom. The Balaban J connectivity index is 2.35. The minimum absolute atomic E-state index is 0.436. The average Bonchev–Trinajstić information content (AvgIpc) is 2.71. The number of aromatic nitrogens is 3. The van der Waals surface area contributed by atoms with Crippen molar-refractivity contribution in [3.05, 3.63) is 11.3 Å². The Kier molecular flexibility index (Phi) is 1.97. The fourth-order valence-electron chi connectivity index (χ4n) is 0.834. The van der Waals surface area contributed by atoms with Crippen molar-refractivity contribution in [1.82, 2.24) is 15.2 Å². The van der Waals surface area contributed by atoms with Gasteiger partial charge in [-0.1, -0.05) is 0 Å². The summed E-state index contributed by atoms with van der Waals surface area (Å²) in [6.07, 6.45) is 0. The highest BCUT2D eigenvalue weighted by Gasteiger charge is 2.10. The lowest BCUT2D eigenvalue weighted by Gasteiger charge is -1.87. The van der Waals surface area contributed by atoms with Gasteiger partial charge in [-0.2, -0.15) is 4.98 Å². The van der Waals surface area contributed by atoms with Crippen molar-refractivity contribution < 1.29 is 9.15 Å². The van der Waals surface area contributed by atoms with E-state index in [4.69, 9.17) is 9.15 Å². The predicted octanol–water partition coefficient (Wildman–Crippen LogP) is 1.51. The van der Waals surface area contributed by atoms with Crippen LogP contribution in [-0.4, -0.2) is 22.3 Å². The predicted molar refractivity (Wildman–Crippen MR) is 46.7 cm³/mol. The van der Waals surface area contributed by atoms with Crippen LogP contribution in [0.3, 0.4) is 0 Å². The number of ether oxygens (including phenoxy) is 1. The minimum Gasteiger partial charge on any atom is -0.480 e. The molecule has 0 spiro atoms. The molecule has 2 heterocycles. The number of thiazole rings is 1. The van der Waals surface area contributed by atoms with E-state index in [1.165, 1.54) is 11.3 Å². The van der Waals surface area contributed by atoms with Crippen molar-refractivity contribution in [3.63, 3.8) is 0 Å². The normalized spacial score (nSPS) is 10.3. The molecule has 0 atom stereocenters. The van der Waals surface area contributed by atoms with Gasteiger partial charge in [-0.3, -0.25) is 0 Å². The van der Waals surface area contributed by atoms with Crippen molar-refractivity contribution in [3.8, 4) is 16.8 Å². The molecule has 0 aliphatic heterocycles. The number of methoxy groups -OCH3 is 1. The third kappa shape index (κ3) is 1.52. The maximum atomic E-state index is 5.20. The van der Waals surface area contributed by atoms with Crippen LogP contribution in [0.1, 0.15) is 5.89 Å². The van der Waals surface area contributed by atoms with Gasteiger partial charge in [0.2, 0.25) is 11.8 Å². The van der Waals surface area contributed by atoms with E-state index < -0.39 is 0 Å². The number of hydrogen-bond acceptors (Lipinski definition) is 6. The van der Waals surface area contributed by atoms with Gasteiger partial charge in [0.25, 0.3) is 5.89 Å². The Labute approximate surface area is 78.4 Å². The lowest BCUT2D eigenvalue weighted by Crippen LogP contribution is -1.82. The van der Waals surface area contributed by atoms with Gasteiger partial charge in [-0.05, 0) is 0 Å². The van der Waals surface area contributed by atoms with Gasteiger partial charge in [0.15, 0.2) is 5.01 Å². The molecule has 0 amide bonds. The second-order valence-electron chi connectivity index (χ2n) is 2.32. The lowest BCUT2D eigenvalue weighted by atomic mass is 10.7. The molecule has 0 aliphatic carbocycles. The zero-order valence-corrected chi connectivity index (χ0v) is 7.96. The number of rotatable bonds is 2. The first-order chi connectivity index (χ1) is 6.29. The summed E-state index contributed by atoms with van der Waals surface area (Å²) in [5, 5.41) is 10.0. The third-order valence-electron chi connectivity index (χ3n) is 1.40. The average molecular weight is 197 g/mol. The fraction of sp³-hybridized carbons (Fsp3) is 0.286. The molecule has 0 aromatic carbocycles. The molecule has 0 bridgehead atoms. The Morgan fingerprint density at radius 1 is 1.46 bits per heavy atom. The molecule has 2 aromatic rings. The highest BCUT2D eigenvalue weighted by atomic mass is 32.1. The summed E-state index contributed by atoms with van der Waals surface area (Å²) >= 11 is 1.41. The van der Waals surface area contributed by atoms with Crippen LogP contribution in [0.2, 0.25) is 0 Å². The number of aryl methyl sites for hydroxylation is 1. The van der Waals surface area contributed by atoms with E-state index in [-0.39, 0.29) is 0 Å². The third-order valence-corrected chi connectivity index (χ3v) is 2.21. The minimum atomic E-state index is 0.436. The molecule has 6 heteroatoms. The molecule has 0 aliphatic rings. The molecule has 2 aromatic heterocycles. The fourth-order valence-corrected chi connectivity index (χ4v) is 1.52. The molecule has 0 N–H and O–H groups in total. The van der Waals surface area contributed by atoms with Crippen LogP contribution in [0.15, 0.2) is 9.80 Å². The van der Waals surface area contributed by atoms with Crippen molar-refractivity contribution in [1.29, 1.82) is 0 Å². The van der Waals surface area contributed by atoms with E-state index in [0.717, 1.165) is 0 Å². The van der Waals surface area contributed by atoms with Crippen molar-refractivity contribution in [2.24, 2.45) is 0 Å². The van der Waals surface area contributed by atoms with E-state index in [1.54, 1.807) is 19.4 Å². The van der Waals surface area contributed by atoms with Crippen LogP contribution in [0.25, 0.3) is 10.9 Å². The van der Waals surface area contributed by atoms with Gasteiger partial charge < -0.3 is 9.15 Å². The molecular formula is C7H7N3O2S. The maximum Gasteiger partial charge on any atom is 0.276 e. The van der Waals surface area contributed by atoms with Gasteiger partial charge in [0.05, 0.1) is 12.5 Å². The summed E-state index contributed by atoms with van der Waals surface area (Å²) in [6, 6.07) is 0. The van der Waals surface area contributed by atoms with E-state index in [0.29, 0.717) is 22.7 Å². The summed E-state index contributed by atoms with van der Waals surface area (Å²) in [6.45, 7) is 1.74. The molecule has 13 heavy (non-hydrogen) atoms. The second kappa shape index (κ2) is 3.14. The van der Waals surface area contributed by atoms with Gasteiger partial charge >= 0.3 is 0 Å². The highest BCUT2D eigenvalue weighted by molar-refractivity contribution is 7.13. The van der Waals surface area contributed by atoms with Gasteiger partial charge in [0, 0.05) is 6.92 Å². The monoisotopic (exact) mass is 197 g/mol. The smallest absolute Gasteiger partial charge is 0.276 e. The first kappa shape index (κ1) is 8.18. The Morgan fingerprint density at radius 2 is 2.31 bits per heavy atom. The summed E-state index contributed by atoms with van der Waals surface area (Å²) in [5.41, 5.74) is 0. The highest BCUT2D eigenvalue weighted by Crippen LogP contribution is 2.25. The van der Waals surface area contributed by atoms with Crippen LogP contribution >= 0.6 is 11.3 Å². The first-order valence-electron chi connectivity index (χ1n) is 3.59. The molecule has 68 valence electrons. The van der Waals surface area contributed by atoms with Gasteiger partial charge in [0.1, 0.15) is 0 Å². The Hall–Kier alpha value is -1.43. The molecule has 2 rings (SSSR count). The maximum absolute atomic E-state index is 5.20. The Bertz CT molecular complexity index is 409. The zero-order valence-electron chi connectivity index (χ0n) is 7.14. The molecular weight excluding hydrogens is 190 g/mol. The van der Waals surface area contributed by atoms with E-state index in [1.807, 2.05) is 0 Å². The largest absolute Gasteiger partial charge is 0.480 e. The van der Waals surface area contributed by atoms with Gasteiger partial charge in [-0.25, -0.2) is 0 Å². The van der Waals surface area contributed by atoms with Gasteiger partial charge in [-0.15, -0.1) is 21.5 Å². The molecule has 0 radical (unpaired) electrons. The van der Waals surface area contributed by atoms with Crippen LogP contribution in [-0.2, 0) is 0 Å².